The Morgan fingerprint density at radius 1 is 1.23 bits per heavy atom. The Labute approximate surface area is 203 Å². The third-order valence-electron chi connectivity index (χ3n) is 5.88. The fourth-order valence-corrected chi connectivity index (χ4v) is 4.03. The Morgan fingerprint density at radius 2 is 1.90 bits per heavy atom. The number of hydrogen-bond donors (Lipinski definition) is 3. The molecule has 1 unspecified atom stereocenters. The molecule has 0 spiro atoms. The van der Waals surface area contributed by atoms with Gasteiger partial charge in [-0.15, -0.1) is 24.0 Å². The van der Waals surface area contributed by atoms with Gasteiger partial charge in [0.1, 0.15) is 5.82 Å². The molecule has 0 aliphatic heterocycles. The minimum atomic E-state index is -0.405. The first-order chi connectivity index (χ1) is 14.5. The van der Waals surface area contributed by atoms with E-state index in [4.69, 9.17) is 15.5 Å². The molecule has 1 fully saturated rings. The molecule has 1 amide bonds. The maximum atomic E-state index is 13.1. The predicted octanol–water partition coefficient (Wildman–Crippen LogP) is 3.63. The maximum Gasteiger partial charge on any atom is 0.222 e. The van der Waals surface area contributed by atoms with Crippen molar-refractivity contribution in [2.45, 2.75) is 52.4 Å². The van der Waals surface area contributed by atoms with Gasteiger partial charge in [0.05, 0.1) is 5.92 Å². The quantitative estimate of drug-likeness (QED) is 0.161. The molecular weight excluding hydrogens is 510 g/mol. The van der Waals surface area contributed by atoms with Crippen molar-refractivity contribution in [3.05, 3.63) is 35.6 Å². The molecule has 176 valence electrons. The fourth-order valence-electron chi connectivity index (χ4n) is 4.03. The van der Waals surface area contributed by atoms with Crippen LogP contribution in [0, 0.1) is 17.2 Å². The zero-order valence-corrected chi connectivity index (χ0v) is 21.1. The van der Waals surface area contributed by atoms with Crippen LogP contribution in [0.25, 0.3) is 0 Å². The van der Waals surface area contributed by atoms with Crippen LogP contribution >= 0.6 is 24.0 Å². The van der Waals surface area contributed by atoms with E-state index in [2.05, 4.69) is 10.6 Å². The highest BCUT2D eigenvalue weighted by atomic mass is 127. The Balaban J connectivity index is 0.00000480. The fraction of sp³-hybridized carbons (Fsp3) is 0.652. The van der Waals surface area contributed by atoms with Gasteiger partial charge in [-0.3, -0.25) is 9.79 Å². The van der Waals surface area contributed by atoms with Gasteiger partial charge in [0.25, 0.3) is 0 Å². The van der Waals surface area contributed by atoms with Crippen molar-refractivity contribution in [1.29, 1.82) is 0 Å². The molecule has 0 saturated heterocycles. The highest BCUT2D eigenvalue weighted by Gasteiger charge is 2.33. The second kappa shape index (κ2) is 14.6. The molecule has 1 saturated carbocycles. The van der Waals surface area contributed by atoms with Crippen LogP contribution in [-0.4, -0.2) is 44.7 Å². The van der Waals surface area contributed by atoms with Crippen LogP contribution in [0.5, 0.6) is 0 Å². The number of benzene rings is 1. The SMILES string of the molecule is CCNC(=NCC1(CCOCC)CCCC1)NCC(Cc1ccc(F)cc1)C(N)=O.I. The van der Waals surface area contributed by atoms with Gasteiger partial charge < -0.3 is 21.1 Å². The van der Waals surface area contributed by atoms with E-state index in [1.807, 2.05) is 13.8 Å². The summed E-state index contributed by atoms with van der Waals surface area (Å²) in [6.07, 6.45) is 6.33. The molecule has 31 heavy (non-hydrogen) atoms. The van der Waals surface area contributed by atoms with Gasteiger partial charge >= 0.3 is 0 Å². The maximum absolute atomic E-state index is 13.1. The largest absolute Gasteiger partial charge is 0.382 e. The summed E-state index contributed by atoms with van der Waals surface area (Å²) in [5.74, 6) is -0.380. The van der Waals surface area contributed by atoms with Crippen LogP contribution in [0.1, 0.15) is 51.5 Å². The lowest BCUT2D eigenvalue weighted by atomic mass is 9.83. The zero-order chi connectivity index (χ0) is 21.8. The average Bonchev–Trinajstić information content (AvgIpc) is 3.19. The molecule has 0 heterocycles. The van der Waals surface area contributed by atoms with Crippen molar-refractivity contribution in [2.75, 3.05) is 32.8 Å². The van der Waals surface area contributed by atoms with Gasteiger partial charge in [-0.2, -0.15) is 0 Å². The lowest BCUT2D eigenvalue weighted by Crippen LogP contribution is -2.43. The Bertz CT molecular complexity index is 679. The van der Waals surface area contributed by atoms with Crippen molar-refractivity contribution in [1.82, 2.24) is 10.6 Å². The molecular formula is C23H38FIN4O2. The molecule has 1 aromatic carbocycles. The van der Waals surface area contributed by atoms with Crippen LogP contribution in [0.15, 0.2) is 29.3 Å². The smallest absolute Gasteiger partial charge is 0.222 e. The zero-order valence-electron chi connectivity index (χ0n) is 18.8. The highest BCUT2D eigenvalue weighted by Crippen LogP contribution is 2.41. The number of rotatable bonds is 12. The summed E-state index contributed by atoms with van der Waals surface area (Å²) in [7, 11) is 0. The van der Waals surface area contributed by atoms with E-state index in [0.717, 1.165) is 38.3 Å². The van der Waals surface area contributed by atoms with E-state index in [9.17, 15) is 9.18 Å². The second-order valence-corrected chi connectivity index (χ2v) is 8.16. The summed E-state index contributed by atoms with van der Waals surface area (Å²) in [6, 6.07) is 6.17. The van der Waals surface area contributed by atoms with E-state index in [-0.39, 0.29) is 41.1 Å². The van der Waals surface area contributed by atoms with Gasteiger partial charge in [0.2, 0.25) is 5.91 Å². The number of nitrogens with zero attached hydrogens (tertiary/aromatic N) is 1. The number of aliphatic imine (C=N–C) groups is 1. The van der Waals surface area contributed by atoms with Crippen molar-refractivity contribution < 1.29 is 13.9 Å². The van der Waals surface area contributed by atoms with Crippen molar-refractivity contribution in [3.63, 3.8) is 0 Å². The highest BCUT2D eigenvalue weighted by molar-refractivity contribution is 14.0. The van der Waals surface area contributed by atoms with E-state index >= 15 is 0 Å². The monoisotopic (exact) mass is 548 g/mol. The number of carbonyl (C=O) groups excluding carboxylic acids is 1. The Kier molecular flexibility index (Phi) is 13.0. The number of nitrogens with two attached hydrogens (primary N) is 1. The van der Waals surface area contributed by atoms with Crippen LogP contribution in [0.3, 0.4) is 0 Å². The summed E-state index contributed by atoms with van der Waals surface area (Å²) < 4.78 is 18.7. The van der Waals surface area contributed by atoms with Crippen LogP contribution in [0.2, 0.25) is 0 Å². The summed E-state index contributed by atoms with van der Waals surface area (Å²) >= 11 is 0. The number of amides is 1. The summed E-state index contributed by atoms with van der Waals surface area (Å²) in [4.78, 5) is 16.8. The summed E-state index contributed by atoms with van der Waals surface area (Å²) in [5.41, 5.74) is 6.69. The van der Waals surface area contributed by atoms with Gasteiger partial charge in [-0.25, -0.2) is 4.39 Å². The first kappa shape index (κ1) is 27.6. The first-order valence-electron chi connectivity index (χ1n) is 11.1. The Morgan fingerprint density at radius 3 is 2.48 bits per heavy atom. The topological polar surface area (TPSA) is 88.7 Å². The van der Waals surface area contributed by atoms with Crippen molar-refractivity contribution >= 4 is 35.8 Å². The first-order valence-corrected chi connectivity index (χ1v) is 11.1. The number of carbonyl (C=O) groups is 1. The molecule has 8 heteroatoms. The average molecular weight is 548 g/mol. The van der Waals surface area contributed by atoms with Crippen molar-refractivity contribution in [2.24, 2.45) is 22.1 Å². The second-order valence-electron chi connectivity index (χ2n) is 8.16. The molecule has 1 atom stereocenters. The minimum absolute atomic E-state index is 0. The number of halogens is 2. The van der Waals surface area contributed by atoms with E-state index in [1.54, 1.807) is 12.1 Å². The molecule has 2 rings (SSSR count). The minimum Gasteiger partial charge on any atom is -0.382 e. The summed E-state index contributed by atoms with van der Waals surface area (Å²) in [5, 5.41) is 6.54. The Hall–Kier alpha value is -1.42. The van der Waals surface area contributed by atoms with E-state index in [0.29, 0.717) is 18.9 Å². The molecule has 0 aromatic heterocycles. The van der Waals surface area contributed by atoms with Crippen molar-refractivity contribution in [3.8, 4) is 0 Å². The standard InChI is InChI=1S/C23H37FN4O2.HI/c1-3-26-22(28-17-23(11-5-6-12-23)13-14-30-4-2)27-16-19(21(25)29)15-18-7-9-20(24)10-8-18;/h7-10,19H,3-6,11-17H2,1-2H3,(H2,25,29)(H2,26,27,28);1H. The number of ether oxygens (including phenoxy) is 1. The molecule has 1 aromatic rings. The molecule has 4 N–H and O–H groups in total. The van der Waals surface area contributed by atoms with Gasteiger partial charge in [0.15, 0.2) is 5.96 Å². The number of hydrogen-bond acceptors (Lipinski definition) is 3. The number of guanidine groups is 1. The lowest BCUT2D eigenvalue weighted by Gasteiger charge is -2.27. The normalized spacial score (nSPS) is 16.4. The summed E-state index contributed by atoms with van der Waals surface area (Å²) in [6.45, 7) is 7.41. The number of primary amides is 1. The lowest BCUT2D eigenvalue weighted by molar-refractivity contribution is -0.121. The molecule has 0 radical (unpaired) electrons. The number of nitrogens with one attached hydrogen (secondary N) is 2. The predicted molar refractivity (Wildman–Crippen MR) is 134 cm³/mol. The van der Waals surface area contributed by atoms with Crippen LogP contribution in [-0.2, 0) is 16.0 Å². The van der Waals surface area contributed by atoms with Crippen LogP contribution in [0.4, 0.5) is 4.39 Å². The van der Waals surface area contributed by atoms with E-state index < -0.39 is 5.92 Å². The van der Waals surface area contributed by atoms with E-state index in [1.165, 1.54) is 37.8 Å². The van der Waals surface area contributed by atoms with Crippen LogP contribution < -0.4 is 16.4 Å². The third-order valence-corrected chi connectivity index (χ3v) is 5.88. The molecule has 1 aliphatic carbocycles. The third kappa shape index (κ3) is 9.72. The van der Waals surface area contributed by atoms with Gasteiger partial charge in [0, 0.05) is 32.8 Å². The molecule has 6 nitrogen and oxygen atoms in total. The molecule has 0 bridgehead atoms. The van der Waals surface area contributed by atoms with Gasteiger partial charge in [-0.05, 0) is 62.6 Å². The van der Waals surface area contributed by atoms with Gasteiger partial charge in [-0.1, -0.05) is 25.0 Å². The molecule has 1 aliphatic rings.